The van der Waals surface area contributed by atoms with Gasteiger partial charge in [-0.2, -0.15) is 0 Å². The zero-order valence-corrected chi connectivity index (χ0v) is 8.68. The zero-order valence-electron chi connectivity index (χ0n) is 8.68. The second-order valence-electron chi connectivity index (χ2n) is 4.87. The Balaban J connectivity index is 1.89. The van der Waals surface area contributed by atoms with Crippen molar-refractivity contribution < 1.29 is 4.79 Å². The monoisotopic (exact) mass is 181 g/mol. The number of amides is 1. The van der Waals surface area contributed by atoms with Gasteiger partial charge in [0.2, 0.25) is 5.91 Å². The highest BCUT2D eigenvalue weighted by Gasteiger charge is 2.47. The van der Waals surface area contributed by atoms with Crippen molar-refractivity contribution in [1.29, 1.82) is 0 Å². The smallest absolute Gasteiger partial charge is 0.219 e. The molecular formula is C11H19NO. The molecular weight excluding hydrogens is 162 g/mol. The average Bonchev–Trinajstić information content (AvgIpc) is 2.45. The van der Waals surface area contributed by atoms with E-state index in [0.717, 1.165) is 19.0 Å². The van der Waals surface area contributed by atoms with Gasteiger partial charge in [-0.3, -0.25) is 4.79 Å². The molecule has 0 aromatic rings. The Morgan fingerprint density at radius 1 is 1.54 bits per heavy atom. The molecule has 2 nitrogen and oxygen atoms in total. The van der Waals surface area contributed by atoms with Crippen LogP contribution in [-0.4, -0.2) is 23.9 Å². The van der Waals surface area contributed by atoms with Gasteiger partial charge in [-0.25, -0.2) is 0 Å². The summed E-state index contributed by atoms with van der Waals surface area (Å²) in [5.41, 5.74) is 0.548. The largest absolute Gasteiger partial charge is 0.342 e. The molecule has 0 unspecified atom stereocenters. The highest BCUT2D eigenvalue weighted by molar-refractivity contribution is 5.73. The van der Waals surface area contributed by atoms with E-state index in [4.69, 9.17) is 0 Å². The van der Waals surface area contributed by atoms with Crippen molar-refractivity contribution >= 4 is 5.91 Å². The molecule has 2 heteroatoms. The van der Waals surface area contributed by atoms with Crippen LogP contribution >= 0.6 is 0 Å². The van der Waals surface area contributed by atoms with Crippen LogP contribution in [-0.2, 0) is 4.79 Å². The van der Waals surface area contributed by atoms with E-state index in [-0.39, 0.29) is 5.91 Å². The van der Waals surface area contributed by atoms with Gasteiger partial charge in [0.05, 0.1) is 0 Å². The summed E-state index contributed by atoms with van der Waals surface area (Å²) in [6, 6.07) is 0. The van der Waals surface area contributed by atoms with Crippen molar-refractivity contribution in [3.05, 3.63) is 0 Å². The first-order valence-electron chi connectivity index (χ1n) is 5.41. The van der Waals surface area contributed by atoms with Crippen LogP contribution < -0.4 is 0 Å². The van der Waals surface area contributed by atoms with Crippen LogP contribution in [0.1, 0.15) is 39.5 Å². The highest BCUT2D eigenvalue weighted by Crippen LogP contribution is 2.52. The van der Waals surface area contributed by atoms with Crippen LogP contribution in [0, 0.1) is 11.3 Å². The molecule has 2 aliphatic rings. The normalized spacial score (nSPS) is 38.0. The third-order valence-corrected chi connectivity index (χ3v) is 3.90. The third kappa shape index (κ3) is 1.47. The maximum atomic E-state index is 11.2. The van der Waals surface area contributed by atoms with Gasteiger partial charge in [0, 0.05) is 20.0 Å². The minimum atomic E-state index is 0.261. The van der Waals surface area contributed by atoms with Gasteiger partial charge in [-0.15, -0.1) is 0 Å². The molecule has 0 atom stereocenters. The van der Waals surface area contributed by atoms with E-state index in [1.165, 1.54) is 25.7 Å². The van der Waals surface area contributed by atoms with E-state index in [0.29, 0.717) is 5.41 Å². The quantitative estimate of drug-likeness (QED) is 0.606. The van der Waals surface area contributed by atoms with Crippen molar-refractivity contribution in [1.82, 2.24) is 4.90 Å². The minimum Gasteiger partial charge on any atom is -0.342 e. The molecule has 0 aromatic carbocycles. The third-order valence-electron chi connectivity index (χ3n) is 3.90. The van der Waals surface area contributed by atoms with Crippen molar-refractivity contribution in [3.63, 3.8) is 0 Å². The van der Waals surface area contributed by atoms with E-state index >= 15 is 0 Å². The molecule has 1 spiro atoms. The summed E-state index contributed by atoms with van der Waals surface area (Å²) < 4.78 is 0. The number of rotatable bonds is 1. The fourth-order valence-corrected chi connectivity index (χ4v) is 2.99. The maximum absolute atomic E-state index is 11.2. The van der Waals surface area contributed by atoms with Crippen molar-refractivity contribution in [2.75, 3.05) is 13.1 Å². The Labute approximate surface area is 80.3 Å². The van der Waals surface area contributed by atoms with E-state index in [9.17, 15) is 4.79 Å². The van der Waals surface area contributed by atoms with Crippen molar-refractivity contribution in [2.24, 2.45) is 11.3 Å². The Morgan fingerprint density at radius 2 is 2.23 bits per heavy atom. The van der Waals surface area contributed by atoms with E-state index < -0.39 is 0 Å². The van der Waals surface area contributed by atoms with E-state index in [1.807, 2.05) is 4.90 Å². The summed E-state index contributed by atoms with van der Waals surface area (Å²) in [6.07, 6.45) is 5.31. The lowest BCUT2D eigenvalue weighted by Crippen LogP contribution is -2.40. The molecule has 1 aliphatic carbocycles. The van der Waals surface area contributed by atoms with E-state index in [1.54, 1.807) is 6.92 Å². The predicted molar refractivity (Wildman–Crippen MR) is 52.3 cm³/mol. The molecule has 2 fully saturated rings. The first kappa shape index (κ1) is 9.04. The Morgan fingerprint density at radius 3 is 2.69 bits per heavy atom. The summed E-state index contributed by atoms with van der Waals surface area (Å²) >= 11 is 0. The number of hydrogen-bond donors (Lipinski definition) is 0. The SMILES string of the molecule is CCC1CC2(CCN(C(C)=O)C2)C1. The van der Waals surface area contributed by atoms with Gasteiger partial charge in [-0.1, -0.05) is 13.3 Å². The predicted octanol–water partition coefficient (Wildman–Crippen LogP) is 2.04. The fourth-order valence-electron chi connectivity index (χ4n) is 2.99. The number of hydrogen-bond acceptors (Lipinski definition) is 1. The molecule has 1 heterocycles. The second-order valence-corrected chi connectivity index (χ2v) is 4.87. The molecule has 0 bridgehead atoms. The standard InChI is InChI=1S/C11H19NO/c1-3-10-6-11(7-10)4-5-12(8-11)9(2)13/h10H,3-8H2,1-2H3. The Bertz CT molecular complexity index is 218. The first-order valence-corrected chi connectivity index (χ1v) is 5.41. The molecule has 1 amide bonds. The van der Waals surface area contributed by atoms with Gasteiger partial charge in [0.1, 0.15) is 0 Å². The van der Waals surface area contributed by atoms with Crippen molar-refractivity contribution in [3.8, 4) is 0 Å². The highest BCUT2D eigenvalue weighted by atomic mass is 16.2. The van der Waals surface area contributed by atoms with Crippen LogP contribution in [0.15, 0.2) is 0 Å². The van der Waals surface area contributed by atoms with Crippen LogP contribution in [0.25, 0.3) is 0 Å². The summed E-state index contributed by atoms with van der Waals surface area (Å²) in [4.78, 5) is 13.2. The molecule has 1 saturated heterocycles. The van der Waals surface area contributed by atoms with Crippen LogP contribution in [0.2, 0.25) is 0 Å². The number of carbonyl (C=O) groups is 1. The molecule has 2 rings (SSSR count). The Hall–Kier alpha value is -0.530. The molecule has 0 N–H and O–H groups in total. The lowest BCUT2D eigenvalue weighted by Gasteiger charge is -2.45. The number of likely N-dealkylation sites (tertiary alicyclic amines) is 1. The Kier molecular flexibility index (Phi) is 2.09. The summed E-state index contributed by atoms with van der Waals surface area (Å²) in [7, 11) is 0. The van der Waals surface area contributed by atoms with Crippen LogP contribution in [0.4, 0.5) is 0 Å². The van der Waals surface area contributed by atoms with Gasteiger partial charge in [-0.05, 0) is 30.6 Å². The topological polar surface area (TPSA) is 20.3 Å². The van der Waals surface area contributed by atoms with Crippen LogP contribution in [0.5, 0.6) is 0 Å². The molecule has 13 heavy (non-hydrogen) atoms. The maximum Gasteiger partial charge on any atom is 0.219 e. The lowest BCUT2D eigenvalue weighted by molar-refractivity contribution is -0.128. The lowest BCUT2D eigenvalue weighted by atomic mass is 9.61. The molecule has 0 radical (unpaired) electrons. The second kappa shape index (κ2) is 3.00. The van der Waals surface area contributed by atoms with Crippen LogP contribution in [0.3, 0.4) is 0 Å². The van der Waals surface area contributed by atoms with Crippen molar-refractivity contribution in [2.45, 2.75) is 39.5 Å². The minimum absolute atomic E-state index is 0.261. The van der Waals surface area contributed by atoms with Gasteiger partial charge < -0.3 is 4.90 Å². The van der Waals surface area contributed by atoms with E-state index in [2.05, 4.69) is 6.92 Å². The molecule has 0 aromatic heterocycles. The summed E-state index contributed by atoms with van der Waals surface area (Å²) in [6.45, 7) is 6.01. The summed E-state index contributed by atoms with van der Waals surface area (Å²) in [5, 5.41) is 0. The number of carbonyl (C=O) groups excluding carboxylic acids is 1. The molecule has 1 aliphatic heterocycles. The molecule has 74 valence electrons. The number of nitrogens with zero attached hydrogens (tertiary/aromatic N) is 1. The van der Waals surface area contributed by atoms with Gasteiger partial charge in [0.15, 0.2) is 0 Å². The van der Waals surface area contributed by atoms with Gasteiger partial charge >= 0.3 is 0 Å². The zero-order chi connectivity index (χ0) is 9.47. The summed E-state index contributed by atoms with van der Waals surface area (Å²) in [5.74, 6) is 1.21. The fraction of sp³-hybridized carbons (Fsp3) is 0.909. The average molecular weight is 181 g/mol. The van der Waals surface area contributed by atoms with Gasteiger partial charge in [0.25, 0.3) is 0 Å². The first-order chi connectivity index (χ1) is 6.15. The molecule has 1 saturated carbocycles.